The number of nitrogens with zero attached hydrogens (tertiary/aromatic N) is 6. The molecule has 1 amide bonds. The quantitative estimate of drug-likeness (QED) is 0.758. The Kier molecular flexibility index (Phi) is 6.22. The highest BCUT2D eigenvalue weighted by atomic mass is 35.5. The molecule has 3 rings (SSSR count). The van der Waals surface area contributed by atoms with Gasteiger partial charge in [0.05, 0.1) is 28.6 Å². The second-order valence-corrected chi connectivity index (χ2v) is 7.72. The molecule has 1 fully saturated rings. The molecule has 8 heteroatoms. The van der Waals surface area contributed by atoms with Gasteiger partial charge in [0.2, 0.25) is 5.91 Å². The van der Waals surface area contributed by atoms with Gasteiger partial charge < -0.3 is 4.90 Å². The largest absolute Gasteiger partial charge is 0.340 e. The first kappa shape index (κ1) is 19.9. The van der Waals surface area contributed by atoms with E-state index < -0.39 is 0 Å². The van der Waals surface area contributed by atoms with E-state index in [1.54, 1.807) is 0 Å². The fourth-order valence-electron chi connectivity index (χ4n) is 3.61. The fourth-order valence-corrected chi connectivity index (χ4v) is 3.74. The van der Waals surface area contributed by atoms with Crippen molar-refractivity contribution in [1.82, 2.24) is 29.4 Å². The van der Waals surface area contributed by atoms with Gasteiger partial charge >= 0.3 is 0 Å². The zero-order valence-corrected chi connectivity index (χ0v) is 17.4. The third-order valence-corrected chi connectivity index (χ3v) is 5.81. The molecule has 0 saturated carbocycles. The summed E-state index contributed by atoms with van der Waals surface area (Å²) >= 11 is 6.23. The van der Waals surface area contributed by atoms with Crippen LogP contribution in [0.25, 0.3) is 0 Å². The molecule has 0 radical (unpaired) electrons. The number of halogens is 1. The first-order chi connectivity index (χ1) is 12.9. The van der Waals surface area contributed by atoms with Gasteiger partial charge in [-0.1, -0.05) is 11.6 Å². The number of rotatable bonds is 6. The summed E-state index contributed by atoms with van der Waals surface area (Å²) in [6, 6.07) is 0.00149. The lowest BCUT2D eigenvalue weighted by atomic mass is 10.2. The molecule has 0 N–H and O–H groups in total. The van der Waals surface area contributed by atoms with Gasteiger partial charge in [0, 0.05) is 57.4 Å². The third-order valence-electron chi connectivity index (χ3n) is 5.27. The molecule has 0 unspecified atom stereocenters. The molecule has 2 aromatic heterocycles. The van der Waals surface area contributed by atoms with Crippen LogP contribution in [0.3, 0.4) is 0 Å². The summed E-state index contributed by atoms with van der Waals surface area (Å²) in [5, 5.41) is 9.49. The van der Waals surface area contributed by atoms with Crippen LogP contribution in [0.15, 0.2) is 12.4 Å². The summed E-state index contributed by atoms with van der Waals surface area (Å²) in [7, 11) is 0. The van der Waals surface area contributed by atoms with Crippen molar-refractivity contribution in [1.29, 1.82) is 0 Å². The average molecular weight is 393 g/mol. The van der Waals surface area contributed by atoms with E-state index in [1.807, 2.05) is 41.2 Å². The maximum Gasteiger partial charge on any atom is 0.224 e. The number of piperazine rings is 1. The van der Waals surface area contributed by atoms with Crippen molar-refractivity contribution in [3.63, 3.8) is 0 Å². The van der Waals surface area contributed by atoms with Crippen molar-refractivity contribution in [3.05, 3.63) is 34.4 Å². The highest BCUT2D eigenvalue weighted by Gasteiger charge is 2.24. The SMILES string of the molecule is CCn1cc(CN2CCN(C(=O)C[C@H](C)n3nc(C)c(Cl)c3C)CC2)cn1. The van der Waals surface area contributed by atoms with E-state index >= 15 is 0 Å². The highest BCUT2D eigenvalue weighted by Crippen LogP contribution is 2.24. The van der Waals surface area contributed by atoms with Gasteiger partial charge in [-0.3, -0.25) is 19.1 Å². The van der Waals surface area contributed by atoms with E-state index in [0.29, 0.717) is 11.4 Å². The number of hydrogen-bond donors (Lipinski definition) is 0. The zero-order chi connectivity index (χ0) is 19.6. The second-order valence-electron chi connectivity index (χ2n) is 7.34. The van der Waals surface area contributed by atoms with E-state index in [4.69, 9.17) is 11.6 Å². The van der Waals surface area contributed by atoms with Crippen LogP contribution in [0.4, 0.5) is 0 Å². The predicted octanol–water partition coefficient (Wildman–Crippen LogP) is 2.67. The number of carbonyl (C=O) groups excluding carboxylic acids is 1. The normalized spacial score (nSPS) is 16.7. The minimum absolute atomic E-state index is 0.00149. The van der Waals surface area contributed by atoms with Crippen molar-refractivity contribution >= 4 is 17.5 Å². The van der Waals surface area contributed by atoms with E-state index in [2.05, 4.69) is 28.2 Å². The molecule has 1 aliphatic rings. The summed E-state index contributed by atoms with van der Waals surface area (Å²) in [4.78, 5) is 17.1. The van der Waals surface area contributed by atoms with Crippen LogP contribution in [0.5, 0.6) is 0 Å². The molecule has 0 spiro atoms. The Balaban J connectivity index is 1.50. The van der Waals surface area contributed by atoms with Gasteiger partial charge in [0.1, 0.15) is 0 Å². The highest BCUT2D eigenvalue weighted by molar-refractivity contribution is 6.31. The number of aryl methyl sites for hydroxylation is 2. The van der Waals surface area contributed by atoms with Gasteiger partial charge in [-0.15, -0.1) is 0 Å². The van der Waals surface area contributed by atoms with Gasteiger partial charge in [0.15, 0.2) is 0 Å². The van der Waals surface area contributed by atoms with Gasteiger partial charge in [-0.25, -0.2) is 0 Å². The molecular formula is C19H29ClN6O. The lowest BCUT2D eigenvalue weighted by molar-refractivity contribution is -0.133. The zero-order valence-electron chi connectivity index (χ0n) is 16.7. The summed E-state index contributed by atoms with van der Waals surface area (Å²) < 4.78 is 3.82. The van der Waals surface area contributed by atoms with Crippen molar-refractivity contribution in [2.45, 2.75) is 53.2 Å². The minimum atomic E-state index is 0.00149. The molecule has 3 heterocycles. The number of amides is 1. The molecule has 2 aromatic rings. The first-order valence-corrected chi connectivity index (χ1v) is 9.99. The van der Waals surface area contributed by atoms with Crippen LogP contribution in [0, 0.1) is 13.8 Å². The van der Waals surface area contributed by atoms with Crippen molar-refractivity contribution in [3.8, 4) is 0 Å². The van der Waals surface area contributed by atoms with Crippen molar-refractivity contribution < 1.29 is 4.79 Å². The average Bonchev–Trinajstić information content (AvgIpc) is 3.22. The van der Waals surface area contributed by atoms with E-state index in [9.17, 15) is 4.79 Å². The van der Waals surface area contributed by atoms with E-state index in [-0.39, 0.29) is 11.9 Å². The van der Waals surface area contributed by atoms with Crippen LogP contribution >= 0.6 is 11.6 Å². The Morgan fingerprint density at radius 3 is 2.52 bits per heavy atom. The molecular weight excluding hydrogens is 364 g/mol. The molecule has 0 aliphatic carbocycles. The molecule has 1 aliphatic heterocycles. The Hall–Kier alpha value is -1.86. The van der Waals surface area contributed by atoms with Crippen LogP contribution in [-0.4, -0.2) is 61.4 Å². The van der Waals surface area contributed by atoms with Crippen molar-refractivity contribution in [2.75, 3.05) is 26.2 Å². The van der Waals surface area contributed by atoms with Crippen LogP contribution in [0.2, 0.25) is 5.02 Å². The second kappa shape index (κ2) is 8.44. The third kappa shape index (κ3) is 4.52. The molecule has 1 atom stereocenters. The summed E-state index contributed by atoms with van der Waals surface area (Å²) in [6.45, 7) is 13.1. The molecule has 1 saturated heterocycles. The Morgan fingerprint density at radius 2 is 1.96 bits per heavy atom. The summed E-state index contributed by atoms with van der Waals surface area (Å²) in [5.41, 5.74) is 2.96. The summed E-state index contributed by atoms with van der Waals surface area (Å²) in [5.74, 6) is 0.185. The van der Waals surface area contributed by atoms with Crippen LogP contribution < -0.4 is 0 Å². The Bertz CT molecular complexity index is 790. The first-order valence-electron chi connectivity index (χ1n) is 9.61. The number of aromatic nitrogens is 4. The Morgan fingerprint density at radius 1 is 1.26 bits per heavy atom. The topological polar surface area (TPSA) is 59.2 Å². The standard InChI is InChI=1S/C19H29ClN6O/c1-5-25-13-17(11-21-25)12-23-6-8-24(9-7-23)18(27)10-14(2)26-16(4)19(20)15(3)22-26/h11,13-14H,5-10,12H2,1-4H3/t14-/m0/s1. The van der Waals surface area contributed by atoms with Gasteiger partial charge in [-0.2, -0.15) is 10.2 Å². The predicted molar refractivity (Wildman–Crippen MR) is 106 cm³/mol. The maximum atomic E-state index is 12.7. The monoisotopic (exact) mass is 392 g/mol. The molecule has 0 aromatic carbocycles. The van der Waals surface area contributed by atoms with Crippen molar-refractivity contribution in [2.24, 2.45) is 0 Å². The fraction of sp³-hybridized carbons (Fsp3) is 0.632. The minimum Gasteiger partial charge on any atom is -0.340 e. The van der Waals surface area contributed by atoms with Crippen LogP contribution in [0.1, 0.15) is 43.3 Å². The van der Waals surface area contributed by atoms with E-state index in [0.717, 1.165) is 50.7 Å². The Labute approximate surface area is 165 Å². The maximum absolute atomic E-state index is 12.7. The summed E-state index contributed by atoms with van der Waals surface area (Å²) in [6.07, 6.45) is 4.47. The molecule has 0 bridgehead atoms. The van der Waals surface area contributed by atoms with Crippen LogP contribution in [-0.2, 0) is 17.9 Å². The number of carbonyl (C=O) groups is 1. The number of hydrogen-bond acceptors (Lipinski definition) is 4. The molecule has 27 heavy (non-hydrogen) atoms. The van der Waals surface area contributed by atoms with E-state index in [1.165, 1.54) is 5.56 Å². The molecule has 148 valence electrons. The lowest BCUT2D eigenvalue weighted by Gasteiger charge is -2.35. The lowest BCUT2D eigenvalue weighted by Crippen LogP contribution is -2.48. The van der Waals surface area contributed by atoms with Gasteiger partial charge in [0.25, 0.3) is 0 Å². The molecule has 7 nitrogen and oxygen atoms in total. The van der Waals surface area contributed by atoms with Gasteiger partial charge in [-0.05, 0) is 27.7 Å². The smallest absolute Gasteiger partial charge is 0.224 e.